The van der Waals surface area contributed by atoms with Crippen LogP contribution in [0, 0.1) is 0 Å². The molecule has 1 heterocycles. The maximum absolute atomic E-state index is 6.08. The van der Waals surface area contributed by atoms with Crippen molar-refractivity contribution in [2.45, 2.75) is 19.6 Å². The van der Waals surface area contributed by atoms with E-state index in [4.69, 9.17) is 9.47 Å². The van der Waals surface area contributed by atoms with Crippen LogP contribution in [0.4, 0.5) is 0 Å². The standard InChI is InChI=1S/C17H18BrNO2/c1-20-16-9-15(18)13-7-8-19-10-14(13)17(16)21-11-12-5-3-2-4-6-12/h2-6,9,19H,7-8,10-11H2,1H3. The van der Waals surface area contributed by atoms with E-state index < -0.39 is 0 Å². The van der Waals surface area contributed by atoms with E-state index in [1.165, 1.54) is 11.1 Å². The van der Waals surface area contributed by atoms with Crippen molar-refractivity contribution in [1.82, 2.24) is 5.32 Å². The van der Waals surface area contributed by atoms with Gasteiger partial charge in [-0.3, -0.25) is 0 Å². The molecule has 0 bridgehead atoms. The van der Waals surface area contributed by atoms with Crippen molar-refractivity contribution < 1.29 is 9.47 Å². The largest absolute Gasteiger partial charge is 0.493 e. The van der Waals surface area contributed by atoms with E-state index in [-0.39, 0.29) is 0 Å². The second-order valence-corrected chi connectivity index (χ2v) is 5.90. The summed E-state index contributed by atoms with van der Waals surface area (Å²) >= 11 is 3.64. The molecule has 0 unspecified atom stereocenters. The highest BCUT2D eigenvalue weighted by Gasteiger charge is 2.21. The van der Waals surface area contributed by atoms with E-state index in [2.05, 4.69) is 33.4 Å². The lowest BCUT2D eigenvalue weighted by Crippen LogP contribution is -2.24. The van der Waals surface area contributed by atoms with Crippen LogP contribution < -0.4 is 14.8 Å². The van der Waals surface area contributed by atoms with Crippen molar-refractivity contribution in [3.8, 4) is 11.5 Å². The molecule has 0 fully saturated rings. The van der Waals surface area contributed by atoms with Gasteiger partial charge in [-0.25, -0.2) is 0 Å². The molecule has 1 N–H and O–H groups in total. The first-order valence-electron chi connectivity index (χ1n) is 7.05. The molecule has 2 aromatic rings. The molecule has 3 nitrogen and oxygen atoms in total. The summed E-state index contributed by atoms with van der Waals surface area (Å²) < 4.78 is 12.7. The number of rotatable bonds is 4. The van der Waals surface area contributed by atoms with Gasteiger partial charge in [0.05, 0.1) is 7.11 Å². The van der Waals surface area contributed by atoms with Gasteiger partial charge in [-0.05, 0) is 30.2 Å². The molecule has 0 amide bonds. The number of fused-ring (bicyclic) bond motifs is 1. The molecule has 0 aromatic heterocycles. The van der Waals surface area contributed by atoms with Gasteiger partial charge in [-0.2, -0.15) is 0 Å². The summed E-state index contributed by atoms with van der Waals surface area (Å²) in [7, 11) is 1.68. The molecular weight excluding hydrogens is 330 g/mol. The van der Waals surface area contributed by atoms with Crippen LogP contribution in [0.3, 0.4) is 0 Å². The van der Waals surface area contributed by atoms with Crippen LogP contribution in [0.15, 0.2) is 40.9 Å². The van der Waals surface area contributed by atoms with Gasteiger partial charge in [0.25, 0.3) is 0 Å². The highest BCUT2D eigenvalue weighted by Crippen LogP contribution is 2.40. The lowest BCUT2D eigenvalue weighted by molar-refractivity contribution is 0.279. The third kappa shape index (κ3) is 3.06. The summed E-state index contributed by atoms with van der Waals surface area (Å²) in [5.74, 6) is 1.63. The molecule has 110 valence electrons. The van der Waals surface area contributed by atoms with Gasteiger partial charge in [0.1, 0.15) is 6.61 Å². The highest BCUT2D eigenvalue weighted by atomic mass is 79.9. The van der Waals surface area contributed by atoms with Crippen LogP contribution in [-0.2, 0) is 19.6 Å². The lowest BCUT2D eigenvalue weighted by atomic mass is 9.99. The lowest BCUT2D eigenvalue weighted by Gasteiger charge is -2.24. The predicted molar refractivity (Wildman–Crippen MR) is 86.9 cm³/mol. The van der Waals surface area contributed by atoms with Crippen LogP contribution >= 0.6 is 15.9 Å². The molecule has 0 aliphatic carbocycles. The number of nitrogens with one attached hydrogen (secondary N) is 1. The Labute approximate surface area is 133 Å². The molecule has 21 heavy (non-hydrogen) atoms. The van der Waals surface area contributed by atoms with Crippen molar-refractivity contribution in [2.24, 2.45) is 0 Å². The molecular formula is C17H18BrNO2. The van der Waals surface area contributed by atoms with Crippen LogP contribution in [0.2, 0.25) is 0 Å². The van der Waals surface area contributed by atoms with Gasteiger partial charge >= 0.3 is 0 Å². The molecule has 2 aromatic carbocycles. The van der Waals surface area contributed by atoms with Gasteiger partial charge < -0.3 is 14.8 Å². The Morgan fingerprint density at radius 2 is 2.00 bits per heavy atom. The zero-order valence-electron chi connectivity index (χ0n) is 12.0. The van der Waals surface area contributed by atoms with Crippen LogP contribution in [-0.4, -0.2) is 13.7 Å². The van der Waals surface area contributed by atoms with Crippen molar-refractivity contribution >= 4 is 15.9 Å². The van der Waals surface area contributed by atoms with Gasteiger partial charge in [0, 0.05) is 16.6 Å². The van der Waals surface area contributed by atoms with E-state index in [1.807, 2.05) is 24.3 Å². The molecule has 0 atom stereocenters. The molecule has 0 saturated carbocycles. The van der Waals surface area contributed by atoms with Crippen molar-refractivity contribution in [3.05, 3.63) is 57.6 Å². The topological polar surface area (TPSA) is 30.5 Å². The zero-order chi connectivity index (χ0) is 14.7. The van der Waals surface area contributed by atoms with E-state index >= 15 is 0 Å². The SMILES string of the molecule is COc1cc(Br)c2c(c1OCc1ccccc1)CNCC2. The predicted octanol–water partition coefficient (Wildman–Crippen LogP) is 3.68. The average molecular weight is 348 g/mol. The fourth-order valence-corrected chi connectivity index (χ4v) is 3.27. The molecule has 0 radical (unpaired) electrons. The Morgan fingerprint density at radius 1 is 1.19 bits per heavy atom. The number of hydrogen-bond donors (Lipinski definition) is 1. The highest BCUT2D eigenvalue weighted by molar-refractivity contribution is 9.10. The molecule has 0 spiro atoms. The second kappa shape index (κ2) is 6.50. The fourth-order valence-electron chi connectivity index (χ4n) is 2.62. The minimum absolute atomic E-state index is 0.547. The average Bonchev–Trinajstić information content (AvgIpc) is 2.55. The summed E-state index contributed by atoms with van der Waals surface area (Å²) in [5.41, 5.74) is 3.67. The van der Waals surface area contributed by atoms with Gasteiger partial charge in [0.2, 0.25) is 0 Å². The van der Waals surface area contributed by atoms with Gasteiger partial charge in [-0.1, -0.05) is 46.3 Å². The quantitative estimate of drug-likeness (QED) is 0.914. The smallest absolute Gasteiger partial charge is 0.166 e. The molecule has 1 aliphatic rings. The van der Waals surface area contributed by atoms with Crippen LogP contribution in [0.5, 0.6) is 11.5 Å². The minimum Gasteiger partial charge on any atom is -0.493 e. The Balaban J connectivity index is 1.92. The fraction of sp³-hybridized carbons (Fsp3) is 0.294. The van der Waals surface area contributed by atoms with Gasteiger partial charge in [0.15, 0.2) is 11.5 Å². The van der Waals surface area contributed by atoms with Crippen molar-refractivity contribution in [2.75, 3.05) is 13.7 Å². The summed E-state index contributed by atoms with van der Waals surface area (Å²) in [6.07, 6.45) is 1.00. The minimum atomic E-state index is 0.547. The van der Waals surface area contributed by atoms with E-state index in [0.29, 0.717) is 6.61 Å². The third-order valence-corrected chi connectivity index (χ3v) is 4.42. The third-order valence-electron chi connectivity index (χ3n) is 3.71. The number of halogens is 1. The van der Waals surface area contributed by atoms with Crippen molar-refractivity contribution in [1.29, 1.82) is 0 Å². The Bertz CT molecular complexity index is 628. The molecule has 1 aliphatic heterocycles. The van der Waals surface area contributed by atoms with Gasteiger partial charge in [-0.15, -0.1) is 0 Å². The van der Waals surface area contributed by atoms with E-state index in [9.17, 15) is 0 Å². The summed E-state index contributed by atoms with van der Waals surface area (Å²) in [6.45, 7) is 2.36. The Hall–Kier alpha value is -1.52. The maximum atomic E-state index is 6.08. The van der Waals surface area contributed by atoms with Crippen LogP contribution in [0.1, 0.15) is 16.7 Å². The summed E-state index contributed by atoms with van der Waals surface area (Å²) in [5, 5.41) is 3.40. The first-order chi connectivity index (χ1) is 10.3. The Morgan fingerprint density at radius 3 is 2.76 bits per heavy atom. The molecule has 3 rings (SSSR count). The number of ether oxygens (including phenoxy) is 2. The molecule has 0 saturated heterocycles. The molecule has 4 heteroatoms. The van der Waals surface area contributed by atoms with Crippen LogP contribution in [0.25, 0.3) is 0 Å². The normalized spacial score (nSPS) is 13.6. The second-order valence-electron chi connectivity index (χ2n) is 5.05. The van der Waals surface area contributed by atoms with Crippen molar-refractivity contribution in [3.63, 3.8) is 0 Å². The Kier molecular flexibility index (Phi) is 4.46. The number of hydrogen-bond acceptors (Lipinski definition) is 3. The number of methoxy groups -OCH3 is 1. The summed E-state index contributed by atoms with van der Waals surface area (Å²) in [4.78, 5) is 0. The first-order valence-corrected chi connectivity index (χ1v) is 7.84. The summed E-state index contributed by atoms with van der Waals surface area (Å²) in [6, 6.07) is 12.2. The monoisotopic (exact) mass is 347 g/mol. The maximum Gasteiger partial charge on any atom is 0.166 e. The van der Waals surface area contributed by atoms with E-state index in [0.717, 1.165) is 41.0 Å². The van der Waals surface area contributed by atoms with E-state index in [1.54, 1.807) is 7.11 Å². The first kappa shape index (κ1) is 14.4. The zero-order valence-corrected chi connectivity index (χ0v) is 13.6. The number of benzene rings is 2.